The predicted octanol–water partition coefficient (Wildman–Crippen LogP) is 4.23. The molecule has 0 saturated carbocycles. The molecule has 4 aromatic rings. The summed E-state index contributed by atoms with van der Waals surface area (Å²) in [6, 6.07) is 11.0. The molecule has 0 aliphatic carbocycles. The van der Waals surface area contributed by atoms with E-state index in [2.05, 4.69) is 30.1 Å². The topological polar surface area (TPSA) is 86.1 Å². The van der Waals surface area contributed by atoms with Crippen LogP contribution < -0.4 is 16.0 Å². The molecule has 0 atom stereocenters. The number of piperazine rings is 1. The van der Waals surface area contributed by atoms with Crippen molar-refractivity contribution in [3.05, 3.63) is 54.4 Å². The third kappa shape index (κ3) is 4.11. The summed E-state index contributed by atoms with van der Waals surface area (Å²) < 4.78 is 39.4. The third-order valence-electron chi connectivity index (χ3n) is 5.72. The maximum atomic E-state index is 13.1. The lowest BCUT2D eigenvalue weighted by Crippen LogP contribution is -2.50. The Bertz CT molecular complexity index is 1330. The molecule has 1 fully saturated rings. The number of aromatic amines is 1. The molecule has 4 N–H and O–H groups in total. The highest BCUT2D eigenvalue weighted by atomic mass is 32.1. The van der Waals surface area contributed by atoms with Crippen molar-refractivity contribution in [3.8, 4) is 0 Å². The Morgan fingerprint density at radius 3 is 2.45 bits per heavy atom. The van der Waals surface area contributed by atoms with E-state index in [1.54, 1.807) is 0 Å². The van der Waals surface area contributed by atoms with Crippen LogP contribution in [-0.2, 0) is 6.18 Å². The van der Waals surface area contributed by atoms with Crippen LogP contribution in [0.5, 0.6) is 0 Å². The molecule has 0 spiro atoms. The lowest BCUT2D eigenvalue weighted by molar-refractivity contribution is -0.137. The quantitative estimate of drug-likeness (QED) is 0.298. The average Bonchev–Trinajstić information content (AvgIpc) is 3.18. The van der Waals surface area contributed by atoms with Gasteiger partial charge in [0.05, 0.1) is 10.9 Å². The van der Waals surface area contributed by atoms with Gasteiger partial charge >= 0.3 is 6.18 Å². The van der Waals surface area contributed by atoms with Gasteiger partial charge in [0.25, 0.3) is 0 Å². The number of thiocarbonyl (C=S) groups is 1. The molecule has 0 amide bonds. The fraction of sp³-hybridized carbons (Fsp3) is 0.227. The van der Waals surface area contributed by atoms with Crippen molar-refractivity contribution >= 4 is 56.5 Å². The molecule has 33 heavy (non-hydrogen) atoms. The van der Waals surface area contributed by atoms with E-state index < -0.39 is 11.7 Å². The Morgan fingerprint density at radius 1 is 1.03 bits per heavy atom. The molecule has 5 rings (SSSR count). The predicted molar refractivity (Wildman–Crippen MR) is 127 cm³/mol. The van der Waals surface area contributed by atoms with E-state index in [0.29, 0.717) is 59.3 Å². The van der Waals surface area contributed by atoms with E-state index in [1.165, 1.54) is 12.4 Å². The molecule has 11 heteroatoms. The normalized spacial score (nSPS) is 14.8. The zero-order chi connectivity index (χ0) is 23.2. The van der Waals surface area contributed by atoms with Crippen LogP contribution in [0.2, 0.25) is 0 Å². The number of nitrogens with two attached hydrogens (primary N) is 1. The van der Waals surface area contributed by atoms with Gasteiger partial charge in [0.1, 0.15) is 17.8 Å². The van der Waals surface area contributed by atoms with Crippen LogP contribution >= 0.6 is 12.2 Å². The van der Waals surface area contributed by atoms with Crippen molar-refractivity contribution < 1.29 is 13.2 Å². The Labute approximate surface area is 192 Å². The standard InChI is InChI=1S/C22H20F3N7S/c23-22(24,25)13-1-6-16-17(11-13)30-19-18(16)20(28-12-27-19)31-7-9-32(10-8-31)21(33)29-15-4-2-14(26)3-5-15/h1-6,11-12H,7-10,26H2,(H,29,33)(H,27,28,30). The fourth-order valence-corrected chi connectivity index (χ4v) is 4.32. The summed E-state index contributed by atoms with van der Waals surface area (Å²) in [4.78, 5) is 15.9. The number of hydrogen-bond acceptors (Lipinski definition) is 5. The largest absolute Gasteiger partial charge is 0.416 e. The highest BCUT2D eigenvalue weighted by Crippen LogP contribution is 2.36. The molecule has 0 radical (unpaired) electrons. The maximum Gasteiger partial charge on any atom is 0.416 e. The van der Waals surface area contributed by atoms with Gasteiger partial charge in [0.2, 0.25) is 0 Å². The number of H-pyrrole nitrogens is 1. The van der Waals surface area contributed by atoms with Gasteiger partial charge in [-0.05, 0) is 48.6 Å². The lowest BCUT2D eigenvalue weighted by atomic mass is 10.1. The van der Waals surface area contributed by atoms with Crippen LogP contribution in [0.1, 0.15) is 5.56 Å². The molecule has 0 unspecified atom stereocenters. The van der Waals surface area contributed by atoms with E-state index >= 15 is 0 Å². The first kappa shape index (κ1) is 21.3. The number of hydrogen-bond donors (Lipinski definition) is 3. The van der Waals surface area contributed by atoms with E-state index in [4.69, 9.17) is 18.0 Å². The minimum absolute atomic E-state index is 0.383. The van der Waals surface area contributed by atoms with Crippen LogP contribution in [-0.4, -0.2) is 51.1 Å². The van der Waals surface area contributed by atoms with Gasteiger partial charge < -0.3 is 25.8 Å². The monoisotopic (exact) mass is 471 g/mol. The summed E-state index contributed by atoms with van der Waals surface area (Å²) in [5.74, 6) is 0.697. The number of fused-ring (bicyclic) bond motifs is 3. The SMILES string of the molecule is Nc1ccc(NC(=S)N2CCN(c3ncnc4[nH]c5cc(C(F)(F)F)ccc5c34)CC2)cc1. The second kappa shape index (κ2) is 8.07. The van der Waals surface area contributed by atoms with E-state index in [-0.39, 0.29) is 0 Å². The van der Waals surface area contributed by atoms with Gasteiger partial charge in [-0.25, -0.2) is 9.97 Å². The first-order chi connectivity index (χ1) is 15.8. The molecular weight excluding hydrogens is 451 g/mol. The Balaban J connectivity index is 1.36. The molecule has 2 aromatic carbocycles. The van der Waals surface area contributed by atoms with Gasteiger partial charge in [0, 0.05) is 48.5 Å². The summed E-state index contributed by atoms with van der Waals surface area (Å²) in [6.07, 6.45) is -2.98. The van der Waals surface area contributed by atoms with Crippen molar-refractivity contribution in [2.75, 3.05) is 42.1 Å². The summed E-state index contributed by atoms with van der Waals surface area (Å²) in [5.41, 5.74) is 7.47. The molecule has 2 aromatic heterocycles. The van der Waals surface area contributed by atoms with Gasteiger partial charge in [-0.15, -0.1) is 0 Å². The molecule has 1 aliphatic heterocycles. The van der Waals surface area contributed by atoms with Gasteiger partial charge in [-0.1, -0.05) is 6.07 Å². The summed E-state index contributed by atoms with van der Waals surface area (Å²) in [6.45, 7) is 2.66. The number of aromatic nitrogens is 3. The Hall–Kier alpha value is -3.60. The zero-order valence-corrected chi connectivity index (χ0v) is 18.2. The second-order valence-corrected chi connectivity index (χ2v) is 8.22. The van der Waals surface area contributed by atoms with Crippen LogP contribution in [0.4, 0.5) is 30.4 Å². The molecule has 3 heterocycles. The minimum atomic E-state index is -4.41. The van der Waals surface area contributed by atoms with Crippen LogP contribution in [0.3, 0.4) is 0 Å². The molecule has 170 valence electrons. The maximum absolute atomic E-state index is 13.1. The molecule has 1 saturated heterocycles. The fourth-order valence-electron chi connectivity index (χ4n) is 4.02. The van der Waals surface area contributed by atoms with Gasteiger partial charge in [-0.3, -0.25) is 0 Å². The van der Waals surface area contributed by atoms with E-state index in [1.807, 2.05) is 24.3 Å². The molecule has 0 bridgehead atoms. The molecule has 1 aliphatic rings. The van der Waals surface area contributed by atoms with Crippen molar-refractivity contribution in [2.24, 2.45) is 0 Å². The van der Waals surface area contributed by atoms with Crippen molar-refractivity contribution in [3.63, 3.8) is 0 Å². The minimum Gasteiger partial charge on any atom is -0.399 e. The number of rotatable bonds is 2. The van der Waals surface area contributed by atoms with E-state index in [9.17, 15) is 13.2 Å². The second-order valence-electron chi connectivity index (χ2n) is 7.83. The zero-order valence-electron chi connectivity index (χ0n) is 17.4. The summed E-state index contributed by atoms with van der Waals surface area (Å²) >= 11 is 5.56. The number of nitrogens with one attached hydrogen (secondary N) is 2. The summed E-state index contributed by atoms with van der Waals surface area (Å²) in [5, 5.41) is 5.23. The summed E-state index contributed by atoms with van der Waals surface area (Å²) in [7, 11) is 0. The first-order valence-electron chi connectivity index (χ1n) is 10.3. The highest BCUT2D eigenvalue weighted by molar-refractivity contribution is 7.80. The number of nitrogen functional groups attached to an aromatic ring is 1. The van der Waals surface area contributed by atoms with Crippen LogP contribution in [0, 0.1) is 0 Å². The number of anilines is 3. The number of halogens is 3. The van der Waals surface area contributed by atoms with Crippen LogP contribution in [0.15, 0.2) is 48.8 Å². The molecular formula is C22H20F3N7S. The molecule has 7 nitrogen and oxygen atoms in total. The number of nitrogens with zero attached hydrogens (tertiary/aromatic N) is 4. The van der Waals surface area contributed by atoms with Gasteiger partial charge in [0.15, 0.2) is 5.11 Å². The van der Waals surface area contributed by atoms with Gasteiger partial charge in [-0.2, -0.15) is 13.2 Å². The van der Waals surface area contributed by atoms with Crippen molar-refractivity contribution in [1.82, 2.24) is 19.9 Å². The van der Waals surface area contributed by atoms with Crippen molar-refractivity contribution in [2.45, 2.75) is 6.18 Å². The van der Waals surface area contributed by atoms with Crippen LogP contribution in [0.25, 0.3) is 21.9 Å². The van der Waals surface area contributed by atoms with Crippen molar-refractivity contribution in [1.29, 1.82) is 0 Å². The third-order valence-corrected chi connectivity index (χ3v) is 6.09. The number of alkyl halides is 3. The Morgan fingerprint density at radius 2 is 1.76 bits per heavy atom. The lowest BCUT2D eigenvalue weighted by Gasteiger charge is -2.37. The van der Waals surface area contributed by atoms with E-state index in [0.717, 1.165) is 23.2 Å². The smallest absolute Gasteiger partial charge is 0.399 e. The first-order valence-corrected chi connectivity index (χ1v) is 10.7. The number of benzene rings is 2. The highest BCUT2D eigenvalue weighted by Gasteiger charge is 2.31. The Kier molecular flexibility index (Phi) is 5.20. The average molecular weight is 472 g/mol.